The number of alkyl halides is 4. The van der Waals surface area contributed by atoms with Gasteiger partial charge < -0.3 is 10.1 Å². The zero-order chi connectivity index (χ0) is 12.1. The van der Waals surface area contributed by atoms with Crippen LogP contribution in [0.15, 0.2) is 0 Å². The summed E-state index contributed by atoms with van der Waals surface area (Å²) in [6.07, 6.45) is -3.63. The molecule has 0 aliphatic rings. The molecule has 0 fully saturated rings. The van der Waals surface area contributed by atoms with Crippen molar-refractivity contribution in [3.05, 3.63) is 0 Å². The van der Waals surface area contributed by atoms with Crippen LogP contribution >= 0.6 is 0 Å². The van der Waals surface area contributed by atoms with Gasteiger partial charge in [0.2, 0.25) is 0 Å². The molecule has 1 N–H and O–H groups in total. The Labute approximate surface area is 87.0 Å². The Morgan fingerprint density at radius 3 is 2.13 bits per heavy atom. The molecule has 0 aromatic heterocycles. The van der Waals surface area contributed by atoms with E-state index >= 15 is 0 Å². The first-order valence-corrected chi connectivity index (χ1v) is 4.66. The van der Waals surface area contributed by atoms with Crippen molar-refractivity contribution in [1.82, 2.24) is 5.32 Å². The van der Waals surface area contributed by atoms with Gasteiger partial charge in [-0.3, -0.25) is 0 Å². The molecule has 0 aromatic carbocycles. The molecule has 92 valence electrons. The fourth-order valence-electron chi connectivity index (χ4n) is 0.762. The Morgan fingerprint density at radius 2 is 1.73 bits per heavy atom. The van der Waals surface area contributed by atoms with Gasteiger partial charge in [0, 0.05) is 6.54 Å². The largest absolute Gasteiger partial charge is 0.375 e. The molecule has 0 bridgehead atoms. The van der Waals surface area contributed by atoms with Crippen LogP contribution in [-0.4, -0.2) is 37.6 Å². The van der Waals surface area contributed by atoms with Gasteiger partial charge in [0.25, 0.3) is 0 Å². The van der Waals surface area contributed by atoms with Crippen LogP contribution in [0.5, 0.6) is 0 Å². The molecule has 0 saturated heterocycles. The van der Waals surface area contributed by atoms with Gasteiger partial charge in [-0.05, 0) is 20.8 Å². The fourth-order valence-corrected chi connectivity index (χ4v) is 0.762. The Kier molecular flexibility index (Phi) is 5.51. The van der Waals surface area contributed by atoms with E-state index in [-0.39, 0.29) is 18.8 Å². The Hall–Kier alpha value is -0.360. The zero-order valence-corrected chi connectivity index (χ0v) is 9.12. The topological polar surface area (TPSA) is 21.3 Å². The van der Waals surface area contributed by atoms with Crippen molar-refractivity contribution in [1.29, 1.82) is 0 Å². The van der Waals surface area contributed by atoms with Crippen molar-refractivity contribution in [3.8, 4) is 0 Å². The second kappa shape index (κ2) is 5.65. The third-order valence-corrected chi connectivity index (χ3v) is 1.49. The van der Waals surface area contributed by atoms with Crippen molar-refractivity contribution in [2.75, 3.05) is 19.7 Å². The molecule has 0 rings (SSSR count). The number of rotatable bonds is 6. The summed E-state index contributed by atoms with van der Waals surface area (Å²) in [7, 11) is 0. The first-order chi connectivity index (χ1) is 6.65. The molecular formula is C9H17F4NO. The third kappa shape index (κ3) is 7.56. The first kappa shape index (κ1) is 14.6. The Bertz CT molecular complexity index is 179. The van der Waals surface area contributed by atoms with Gasteiger partial charge in [-0.25, -0.2) is 8.78 Å². The lowest BCUT2D eigenvalue weighted by Crippen LogP contribution is -2.40. The van der Waals surface area contributed by atoms with E-state index in [2.05, 4.69) is 5.32 Å². The molecule has 15 heavy (non-hydrogen) atoms. The Morgan fingerprint density at radius 1 is 1.20 bits per heavy atom. The molecule has 6 heteroatoms. The SMILES string of the molecule is CC(C)(C)OCCNCC(F)(F)C(F)F. The van der Waals surface area contributed by atoms with Crippen molar-refractivity contribution in [3.63, 3.8) is 0 Å². The maximum atomic E-state index is 12.4. The summed E-state index contributed by atoms with van der Waals surface area (Å²) in [6.45, 7) is 4.77. The summed E-state index contributed by atoms with van der Waals surface area (Å²) in [5, 5.41) is 2.22. The summed E-state index contributed by atoms with van der Waals surface area (Å²) >= 11 is 0. The highest BCUT2D eigenvalue weighted by Crippen LogP contribution is 2.21. The minimum absolute atomic E-state index is 0.125. The van der Waals surface area contributed by atoms with Crippen LogP contribution in [0.2, 0.25) is 0 Å². The van der Waals surface area contributed by atoms with Gasteiger partial charge in [0.05, 0.1) is 18.8 Å². The summed E-state index contributed by atoms with van der Waals surface area (Å²) in [5.74, 6) is -3.97. The fraction of sp³-hybridized carbons (Fsp3) is 1.00. The van der Waals surface area contributed by atoms with Gasteiger partial charge in [0.1, 0.15) is 0 Å². The van der Waals surface area contributed by atoms with Gasteiger partial charge in [-0.1, -0.05) is 0 Å². The van der Waals surface area contributed by atoms with E-state index in [4.69, 9.17) is 4.74 Å². The summed E-state index contributed by atoms with van der Waals surface area (Å²) in [4.78, 5) is 0. The second-order valence-corrected chi connectivity index (χ2v) is 4.20. The second-order valence-electron chi connectivity index (χ2n) is 4.20. The van der Waals surface area contributed by atoms with E-state index in [1.54, 1.807) is 0 Å². The lowest BCUT2D eigenvalue weighted by molar-refractivity contribution is -0.125. The van der Waals surface area contributed by atoms with Crippen LogP contribution in [-0.2, 0) is 4.74 Å². The van der Waals surface area contributed by atoms with E-state index in [0.29, 0.717) is 0 Å². The zero-order valence-electron chi connectivity index (χ0n) is 9.12. The third-order valence-electron chi connectivity index (χ3n) is 1.49. The lowest BCUT2D eigenvalue weighted by atomic mass is 10.2. The van der Waals surface area contributed by atoms with E-state index < -0.39 is 18.9 Å². The van der Waals surface area contributed by atoms with Gasteiger partial charge in [0.15, 0.2) is 0 Å². The van der Waals surface area contributed by atoms with Crippen LogP contribution in [0.1, 0.15) is 20.8 Å². The molecule has 0 amide bonds. The van der Waals surface area contributed by atoms with E-state index in [1.807, 2.05) is 20.8 Å². The van der Waals surface area contributed by atoms with Crippen molar-refractivity contribution in [2.45, 2.75) is 38.7 Å². The molecule has 0 aliphatic heterocycles. The molecule has 0 unspecified atom stereocenters. The smallest absolute Gasteiger partial charge is 0.319 e. The van der Waals surface area contributed by atoms with Crippen molar-refractivity contribution >= 4 is 0 Å². The number of halogens is 4. The van der Waals surface area contributed by atoms with Crippen LogP contribution in [0.4, 0.5) is 17.6 Å². The molecule has 0 radical (unpaired) electrons. The van der Waals surface area contributed by atoms with Crippen LogP contribution < -0.4 is 5.32 Å². The molecule has 0 aliphatic carbocycles. The molecular weight excluding hydrogens is 214 g/mol. The van der Waals surface area contributed by atoms with E-state index in [9.17, 15) is 17.6 Å². The molecule has 0 heterocycles. The molecule has 0 saturated carbocycles. The van der Waals surface area contributed by atoms with Crippen LogP contribution in [0.3, 0.4) is 0 Å². The average molecular weight is 231 g/mol. The molecule has 0 aromatic rings. The van der Waals surface area contributed by atoms with E-state index in [0.717, 1.165) is 0 Å². The standard InChI is InChI=1S/C9H17F4NO/c1-8(2,3)15-5-4-14-6-9(12,13)7(10)11/h7,14H,4-6H2,1-3H3. The Balaban J connectivity index is 3.55. The molecule has 2 nitrogen and oxygen atoms in total. The van der Waals surface area contributed by atoms with Crippen molar-refractivity contribution in [2.24, 2.45) is 0 Å². The van der Waals surface area contributed by atoms with Gasteiger partial charge in [-0.15, -0.1) is 0 Å². The number of hydrogen-bond acceptors (Lipinski definition) is 2. The van der Waals surface area contributed by atoms with E-state index in [1.165, 1.54) is 0 Å². The first-order valence-electron chi connectivity index (χ1n) is 4.66. The predicted molar refractivity (Wildman–Crippen MR) is 49.5 cm³/mol. The highest BCUT2D eigenvalue weighted by Gasteiger charge is 2.39. The summed E-state index contributed by atoms with van der Waals surface area (Å²) < 4.78 is 53.3. The minimum Gasteiger partial charge on any atom is -0.375 e. The maximum Gasteiger partial charge on any atom is 0.319 e. The van der Waals surface area contributed by atoms with Crippen molar-refractivity contribution < 1.29 is 22.3 Å². The lowest BCUT2D eigenvalue weighted by Gasteiger charge is -2.20. The molecule has 0 spiro atoms. The number of hydrogen-bond donors (Lipinski definition) is 1. The number of ether oxygens (including phenoxy) is 1. The van der Waals surface area contributed by atoms with Gasteiger partial charge in [-0.2, -0.15) is 8.78 Å². The molecule has 0 atom stereocenters. The predicted octanol–water partition coefficient (Wildman–Crippen LogP) is 2.29. The monoisotopic (exact) mass is 231 g/mol. The van der Waals surface area contributed by atoms with Crippen LogP contribution in [0.25, 0.3) is 0 Å². The quantitative estimate of drug-likeness (QED) is 0.559. The van der Waals surface area contributed by atoms with Gasteiger partial charge >= 0.3 is 12.3 Å². The highest BCUT2D eigenvalue weighted by atomic mass is 19.3. The average Bonchev–Trinajstić information content (AvgIpc) is 2.00. The minimum atomic E-state index is -3.97. The maximum absolute atomic E-state index is 12.4. The summed E-state index contributed by atoms with van der Waals surface area (Å²) in [6, 6.07) is 0. The summed E-state index contributed by atoms with van der Waals surface area (Å²) in [5.41, 5.74) is -0.354. The normalized spacial score (nSPS) is 13.6. The highest BCUT2D eigenvalue weighted by molar-refractivity contribution is 4.72. The van der Waals surface area contributed by atoms with Crippen LogP contribution in [0, 0.1) is 0 Å². The number of nitrogens with one attached hydrogen (secondary N) is 1.